The molecule has 0 heterocycles. The molecule has 3 unspecified atom stereocenters. The van der Waals surface area contributed by atoms with Gasteiger partial charge in [0.25, 0.3) is 0 Å². The van der Waals surface area contributed by atoms with Gasteiger partial charge in [0.2, 0.25) is 0 Å². The summed E-state index contributed by atoms with van der Waals surface area (Å²) in [5, 5.41) is 5.25. The van der Waals surface area contributed by atoms with Crippen molar-refractivity contribution in [2.45, 2.75) is 26.3 Å². The Labute approximate surface area is 173 Å². The van der Waals surface area contributed by atoms with Crippen molar-refractivity contribution >= 4 is 28.6 Å². The van der Waals surface area contributed by atoms with Gasteiger partial charge in [0, 0.05) is 11.4 Å². The summed E-state index contributed by atoms with van der Waals surface area (Å²) in [7, 11) is 0. The van der Waals surface area contributed by atoms with Crippen molar-refractivity contribution in [2.75, 3.05) is 4.90 Å². The molecule has 3 atom stereocenters. The first-order chi connectivity index (χ1) is 14.2. The van der Waals surface area contributed by atoms with Crippen LogP contribution in [0.15, 0.2) is 90.7 Å². The summed E-state index contributed by atoms with van der Waals surface area (Å²) >= 11 is 0. The molecule has 0 saturated heterocycles. The topological polar surface area (TPSA) is 3.24 Å². The van der Waals surface area contributed by atoms with Crippen molar-refractivity contribution in [2.24, 2.45) is 11.8 Å². The van der Waals surface area contributed by atoms with Gasteiger partial charge in [0.1, 0.15) is 0 Å². The Morgan fingerprint density at radius 2 is 1.52 bits per heavy atom. The van der Waals surface area contributed by atoms with E-state index in [2.05, 4.69) is 116 Å². The number of nitrogens with zero attached hydrogens (tertiary/aromatic N) is 1. The molecule has 0 amide bonds. The molecule has 0 radical (unpaired) electrons. The van der Waals surface area contributed by atoms with E-state index in [1.165, 1.54) is 32.6 Å². The van der Waals surface area contributed by atoms with E-state index in [9.17, 15) is 0 Å². The minimum atomic E-state index is 0.308. The van der Waals surface area contributed by atoms with Crippen LogP contribution >= 0.6 is 0 Å². The fourth-order valence-corrected chi connectivity index (χ4v) is 4.47. The van der Waals surface area contributed by atoms with Gasteiger partial charge < -0.3 is 4.90 Å². The Morgan fingerprint density at radius 1 is 0.759 bits per heavy atom. The van der Waals surface area contributed by atoms with E-state index in [-0.39, 0.29) is 0 Å². The summed E-state index contributed by atoms with van der Waals surface area (Å²) in [5.41, 5.74) is 2.57. The molecular formula is C28H27N. The van der Waals surface area contributed by atoms with E-state index < -0.39 is 0 Å². The molecule has 5 rings (SSSR count). The van der Waals surface area contributed by atoms with Crippen molar-refractivity contribution in [3.05, 3.63) is 101 Å². The van der Waals surface area contributed by atoms with Gasteiger partial charge in [-0.05, 0) is 57.7 Å². The second-order valence-electron chi connectivity index (χ2n) is 8.37. The van der Waals surface area contributed by atoms with E-state index in [1.54, 1.807) is 0 Å². The van der Waals surface area contributed by atoms with Crippen LogP contribution < -0.4 is 15.3 Å². The summed E-state index contributed by atoms with van der Waals surface area (Å²) in [6.07, 6.45) is 12.9. The number of fused-ring (bicyclic) bond motifs is 2. The molecule has 0 bridgehead atoms. The van der Waals surface area contributed by atoms with Crippen molar-refractivity contribution in [3.63, 3.8) is 0 Å². The summed E-state index contributed by atoms with van der Waals surface area (Å²) in [6.45, 7) is 4.62. The fourth-order valence-electron chi connectivity index (χ4n) is 4.47. The number of anilines is 1. The third kappa shape index (κ3) is 3.42. The molecule has 0 spiro atoms. The second kappa shape index (κ2) is 7.40. The van der Waals surface area contributed by atoms with Crippen LogP contribution in [0.25, 0.3) is 22.9 Å². The van der Waals surface area contributed by atoms with Crippen LogP contribution in [0.4, 0.5) is 5.69 Å². The second-order valence-corrected chi connectivity index (χ2v) is 8.37. The van der Waals surface area contributed by atoms with Gasteiger partial charge in [-0.25, -0.2) is 0 Å². The fraction of sp³-hybridized carbons (Fsp3) is 0.214. The lowest BCUT2D eigenvalue weighted by atomic mass is 9.89. The third-order valence-electron chi connectivity index (χ3n) is 6.40. The van der Waals surface area contributed by atoms with Crippen LogP contribution in [0.2, 0.25) is 0 Å². The Hall–Kier alpha value is -3.06. The minimum Gasteiger partial charge on any atom is -0.334 e. The Balaban J connectivity index is 1.64. The molecule has 0 N–H and O–H groups in total. The van der Waals surface area contributed by atoms with Crippen LogP contribution in [0.5, 0.6) is 0 Å². The highest BCUT2D eigenvalue weighted by Gasteiger charge is 2.23. The molecule has 3 aromatic carbocycles. The van der Waals surface area contributed by atoms with Crippen molar-refractivity contribution in [3.8, 4) is 0 Å². The molecule has 0 aliphatic heterocycles. The molecule has 144 valence electrons. The van der Waals surface area contributed by atoms with Gasteiger partial charge >= 0.3 is 0 Å². The average Bonchev–Trinajstić information content (AvgIpc) is 2.76. The average molecular weight is 378 g/mol. The molecule has 0 saturated carbocycles. The number of benzene rings is 3. The Bertz CT molecular complexity index is 1230. The highest BCUT2D eigenvalue weighted by Crippen LogP contribution is 2.33. The van der Waals surface area contributed by atoms with Crippen molar-refractivity contribution in [1.29, 1.82) is 0 Å². The van der Waals surface area contributed by atoms with E-state index >= 15 is 0 Å². The zero-order valence-electron chi connectivity index (χ0n) is 17.1. The summed E-state index contributed by atoms with van der Waals surface area (Å²) in [4.78, 5) is 2.53. The van der Waals surface area contributed by atoms with Gasteiger partial charge in [-0.2, -0.15) is 0 Å². The van der Waals surface area contributed by atoms with E-state index in [1.807, 2.05) is 0 Å². The predicted molar refractivity (Wildman–Crippen MR) is 125 cm³/mol. The molecule has 0 aromatic heterocycles. The predicted octanol–water partition coefficient (Wildman–Crippen LogP) is 5.41. The number of hydrogen-bond acceptors (Lipinski definition) is 1. The largest absolute Gasteiger partial charge is 0.334 e. The van der Waals surface area contributed by atoms with E-state index in [0.717, 1.165) is 6.42 Å². The Kier molecular flexibility index (Phi) is 4.60. The maximum absolute atomic E-state index is 2.53. The van der Waals surface area contributed by atoms with Crippen LogP contribution in [0.3, 0.4) is 0 Å². The van der Waals surface area contributed by atoms with Gasteiger partial charge in [0.15, 0.2) is 0 Å². The monoisotopic (exact) mass is 377 g/mol. The van der Waals surface area contributed by atoms with Crippen LogP contribution in [0, 0.1) is 11.8 Å². The SMILES string of the molecule is CC1C=CC(N(c2ccc3ccccc3c2)C2C=c3ccccc3=CC2)=CC1C. The summed E-state index contributed by atoms with van der Waals surface area (Å²) in [6, 6.07) is 24.5. The quantitative estimate of drug-likeness (QED) is 0.590. The van der Waals surface area contributed by atoms with Gasteiger partial charge in [-0.1, -0.05) is 92.7 Å². The highest BCUT2D eigenvalue weighted by atomic mass is 15.2. The first-order valence-electron chi connectivity index (χ1n) is 10.6. The van der Waals surface area contributed by atoms with Crippen molar-refractivity contribution < 1.29 is 0 Å². The van der Waals surface area contributed by atoms with Gasteiger partial charge in [-0.3, -0.25) is 0 Å². The maximum atomic E-state index is 2.53. The summed E-state index contributed by atoms with van der Waals surface area (Å²) in [5.74, 6) is 1.12. The number of allylic oxidation sites excluding steroid dienone is 3. The summed E-state index contributed by atoms with van der Waals surface area (Å²) < 4.78 is 0. The molecule has 2 aliphatic carbocycles. The first kappa shape index (κ1) is 18.0. The molecule has 0 fully saturated rings. The molecule has 2 aliphatic rings. The number of hydrogen-bond donors (Lipinski definition) is 0. The van der Waals surface area contributed by atoms with Crippen LogP contribution in [-0.2, 0) is 0 Å². The lowest BCUT2D eigenvalue weighted by Gasteiger charge is -2.36. The first-order valence-corrected chi connectivity index (χ1v) is 10.6. The highest BCUT2D eigenvalue weighted by molar-refractivity contribution is 5.86. The van der Waals surface area contributed by atoms with Gasteiger partial charge in [0.05, 0.1) is 6.04 Å². The zero-order chi connectivity index (χ0) is 19.8. The lowest BCUT2D eigenvalue weighted by Crippen LogP contribution is -2.40. The van der Waals surface area contributed by atoms with Gasteiger partial charge in [-0.15, -0.1) is 0 Å². The minimum absolute atomic E-state index is 0.308. The molecule has 3 aromatic rings. The smallest absolute Gasteiger partial charge is 0.0565 e. The lowest BCUT2D eigenvalue weighted by molar-refractivity contribution is 0.544. The van der Waals surface area contributed by atoms with E-state index in [4.69, 9.17) is 0 Å². The van der Waals surface area contributed by atoms with E-state index in [0.29, 0.717) is 17.9 Å². The van der Waals surface area contributed by atoms with Crippen molar-refractivity contribution in [1.82, 2.24) is 0 Å². The van der Waals surface area contributed by atoms with Crippen LogP contribution in [-0.4, -0.2) is 6.04 Å². The third-order valence-corrected chi connectivity index (χ3v) is 6.40. The Morgan fingerprint density at radius 3 is 2.34 bits per heavy atom. The van der Waals surface area contributed by atoms with Crippen LogP contribution in [0.1, 0.15) is 20.3 Å². The molecular weight excluding hydrogens is 350 g/mol. The molecule has 1 heteroatoms. The molecule has 1 nitrogen and oxygen atoms in total. The standard InChI is InChI=1S/C28H27N/c1-20-11-14-26(17-21(20)2)29(27-15-12-22-7-3-5-9-24(22)18-27)28-16-13-23-8-4-6-10-25(23)19-28/h3-15,17-21,28H,16H2,1-2H3. The molecule has 29 heavy (non-hydrogen) atoms. The number of rotatable bonds is 3. The maximum Gasteiger partial charge on any atom is 0.0565 e. The zero-order valence-corrected chi connectivity index (χ0v) is 17.1. The normalized spacial score (nSPS) is 23.0.